The molecule has 96 valence electrons. The van der Waals surface area contributed by atoms with Crippen molar-refractivity contribution >= 4 is 0 Å². The van der Waals surface area contributed by atoms with Crippen molar-refractivity contribution in [1.82, 2.24) is 5.32 Å². The Balaban J connectivity index is 2.22. The molecular formula is C15H18FNO. The van der Waals surface area contributed by atoms with Gasteiger partial charge in [-0.2, -0.15) is 0 Å². The number of aryl methyl sites for hydroxylation is 1. The van der Waals surface area contributed by atoms with Crippen molar-refractivity contribution in [3.8, 4) is 0 Å². The molecule has 0 amide bonds. The lowest BCUT2D eigenvalue weighted by Crippen LogP contribution is -2.23. The van der Waals surface area contributed by atoms with Crippen molar-refractivity contribution in [2.75, 3.05) is 6.54 Å². The summed E-state index contributed by atoms with van der Waals surface area (Å²) in [6, 6.07) is 8.94. The topological polar surface area (TPSA) is 25.2 Å². The van der Waals surface area contributed by atoms with Crippen LogP contribution in [-0.2, 0) is 6.42 Å². The minimum absolute atomic E-state index is 0.0886. The van der Waals surface area contributed by atoms with Crippen molar-refractivity contribution in [2.24, 2.45) is 0 Å². The number of hydrogen-bond donors (Lipinski definition) is 1. The van der Waals surface area contributed by atoms with Gasteiger partial charge in [-0.25, -0.2) is 4.39 Å². The molecule has 0 saturated heterocycles. The van der Waals surface area contributed by atoms with Crippen LogP contribution < -0.4 is 5.32 Å². The molecule has 0 fully saturated rings. The maximum absolute atomic E-state index is 13.7. The van der Waals surface area contributed by atoms with Crippen LogP contribution in [0.4, 0.5) is 4.39 Å². The van der Waals surface area contributed by atoms with Gasteiger partial charge in [0.25, 0.3) is 0 Å². The third kappa shape index (κ3) is 2.79. The molecule has 0 radical (unpaired) electrons. The highest BCUT2D eigenvalue weighted by Gasteiger charge is 2.16. The van der Waals surface area contributed by atoms with Gasteiger partial charge in [0.15, 0.2) is 0 Å². The SMILES string of the molecule is CCNC(Cc1ccccc1F)c1ccoc1C. The molecule has 1 atom stereocenters. The Labute approximate surface area is 107 Å². The zero-order chi connectivity index (χ0) is 13.0. The van der Waals surface area contributed by atoms with Gasteiger partial charge in [0, 0.05) is 11.6 Å². The summed E-state index contributed by atoms with van der Waals surface area (Å²) in [4.78, 5) is 0. The first-order chi connectivity index (χ1) is 8.72. The van der Waals surface area contributed by atoms with Crippen LogP contribution in [-0.4, -0.2) is 6.54 Å². The van der Waals surface area contributed by atoms with Crippen molar-refractivity contribution < 1.29 is 8.81 Å². The summed E-state index contributed by atoms with van der Waals surface area (Å²) in [5, 5.41) is 3.37. The van der Waals surface area contributed by atoms with E-state index in [2.05, 4.69) is 5.32 Å². The third-order valence-electron chi connectivity index (χ3n) is 3.11. The van der Waals surface area contributed by atoms with E-state index < -0.39 is 0 Å². The summed E-state index contributed by atoms with van der Waals surface area (Å²) < 4.78 is 19.0. The highest BCUT2D eigenvalue weighted by atomic mass is 19.1. The maximum atomic E-state index is 13.7. The Morgan fingerprint density at radius 3 is 2.67 bits per heavy atom. The van der Waals surface area contributed by atoms with Gasteiger partial charge in [0.1, 0.15) is 11.6 Å². The lowest BCUT2D eigenvalue weighted by atomic mass is 9.99. The van der Waals surface area contributed by atoms with E-state index in [-0.39, 0.29) is 11.9 Å². The van der Waals surface area contributed by atoms with E-state index in [4.69, 9.17) is 4.42 Å². The second kappa shape index (κ2) is 5.83. The van der Waals surface area contributed by atoms with E-state index in [9.17, 15) is 4.39 Å². The first-order valence-corrected chi connectivity index (χ1v) is 6.23. The molecule has 0 spiro atoms. The van der Waals surface area contributed by atoms with Crippen LogP contribution in [0.5, 0.6) is 0 Å². The first-order valence-electron chi connectivity index (χ1n) is 6.23. The van der Waals surface area contributed by atoms with Gasteiger partial charge in [0.2, 0.25) is 0 Å². The van der Waals surface area contributed by atoms with Crippen LogP contribution in [0.1, 0.15) is 29.9 Å². The molecule has 1 N–H and O–H groups in total. The molecule has 0 saturated carbocycles. The predicted octanol–water partition coefficient (Wildman–Crippen LogP) is 3.62. The van der Waals surface area contributed by atoms with Gasteiger partial charge in [-0.3, -0.25) is 0 Å². The van der Waals surface area contributed by atoms with Crippen LogP contribution >= 0.6 is 0 Å². The predicted molar refractivity (Wildman–Crippen MR) is 70.0 cm³/mol. The molecule has 0 aliphatic rings. The lowest BCUT2D eigenvalue weighted by molar-refractivity contribution is 0.495. The summed E-state index contributed by atoms with van der Waals surface area (Å²) in [7, 11) is 0. The molecule has 2 rings (SSSR count). The highest BCUT2D eigenvalue weighted by molar-refractivity contribution is 5.25. The summed E-state index contributed by atoms with van der Waals surface area (Å²) >= 11 is 0. The number of rotatable bonds is 5. The molecule has 2 nitrogen and oxygen atoms in total. The zero-order valence-corrected chi connectivity index (χ0v) is 10.7. The van der Waals surface area contributed by atoms with Crippen molar-refractivity contribution in [1.29, 1.82) is 0 Å². The van der Waals surface area contributed by atoms with Gasteiger partial charge >= 0.3 is 0 Å². The number of halogens is 1. The molecular weight excluding hydrogens is 229 g/mol. The number of benzene rings is 1. The lowest BCUT2D eigenvalue weighted by Gasteiger charge is -2.17. The van der Waals surface area contributed by atoms with Crippen molar-refractivity contribution in [3.63, 3.8) is 0 Å². The third-order valence-corrected chi connectivity index (χ3v) is 3.11. The molecule has 18 heavy (non-hydrogen) atoms. The molecule has 2 aromatic rings. The van der Waals surface area contributed by atoms with Crippen LogP contribution in [0, 0.1) is 12.7 Å². The normalized spacial score (nSPS) is 12.6. The highest BCUT2D eigenvalue weighted by Crippen LogP contribution is 2.23. The number of furan rings is 1. The number of nitrogens with one attached hydrogen (secondary N) is 1. The minimum atomic E-state index is -0.151. The van der Waals surface area contributed by atoms with E-state index in [1.54, 1.807) is 12.3 Å². The molecule has 3 heteroatoms. The van der Waals surface area contributed by atoms with Gasteiger partial charge in [0.05, 0.1) is 6.26 Å². The average Bonchev–Trinajstić information content (AvgIpc) is 2.78. The van der Waals surface area contributed by atoms with Gasteiger partial charge in [-0.05, 0) is 37.6 Å². The largest absolute Gasteiger partial charge is 0.469 e. The first kappa shape index (κ1) is 12.8. The van der Waals surface area contributed by atoms with Gasteiger partial charge in [-0.15, -0.1) is 0 Å². The van der Waals surface area contributed by atoms with E-state index in [0.29, 0.717) is 6.42 Å². The van der Waals surface area contributed by atoms with Gasteiger partial charge in [-0.1, -0.05) is 25.1 Å². The molecule has 1 heterocycles. The molecule has 1 unspecified atom stereocenters. The van der Waals surface area contributed by atoms with E-state index in [1.165, 1.54) is 6.07 Å². The second-order valence-corrected chi connectivity index (χ2v) is 4.34. The van der Waals surface area contributed by atoms with Crippen LogP contribution in [0.15, 0.2) is 41.0 Å². The Morgan fingerprint density at radius 1 is 1.28 bits per heavy atom. The molecule has 0 aliphatic carbocycles. The molecule has 1 aromatic carbocycles. The quantitative estimate of drug-likeness (QED) is 0.873. The Bertz CT molecular complexity index is 507. The van der Waals surface area contributed by atoms with Crippen LogP contribution in [0.25, 0.3) is 0 Å². The average molecular weight is 247 g/mol. The molecule has 0 bridgehead atoms. The smallest absolute Gasteiger partial charge is 0.126 e. The monoisotopic (exact) mass is 247 g/mol. The molecule has 0 aliphatic heterocycles. The van der Waals surface area contributed by atoms with Gasteiger partial charge < -0.3 is 9.73 Å². The summed E-state index contributed by atoms with van der Waals surface area (Å²) in [6.45, 7) is 4.81. The van der Waals surface area contributed by atoms with E-state index >= 15 is 0 Å². The molecule has 1 aromatic heterocycles. The Hall–Kier alpha value is -1.61. The summed E-state index contributed by atoms with van der Waals surface area (Å²) in [5.74, 6) is 0.735. The minimum Gasteiger partial charge on any atom is -0.469 e. The second-order valence-electron chi connectivity index (χ2n) is 4.34. The summed E-state index contributed by atoms with van der Waals surface area (Å²) in [5.41, 5.74) is 1.82. The van der Waals surface area contributed by atoms with Crippen molar-refractivity contribution in [2.45, 2.75) is 26.3 Å². The zero-order valence-electron chi connectivity index (χ0n) is 10.7. The maximum Gasteiger partial charge on any atom is 0.126 e. The fourth-order valence-electron chi connectivity index (χ4n) is 2.18. The number of hydrogen-bond acceptors (Lipinski definition) is 2. The summed E-state index contributed by atoms with van der Waals surface area (Å²) in [6.07, 6.45) is 2.30. The van der Waals surface area contributed by atoms with Crippen LogP contribution in [0.3, 0.4) is 0 Å². The fourth-order valence-corrected chi connectivity index (χ4v) is 2.18. The van der Waals surface area contributed by atoms with E-state index in [1.807, 2.05) is 32.0 Å². The Kier molecular flexibility index (Phi) is 4.15. The van der Waals surface area contributed by atoms with Crippen LogP contribution in [0.2, 0.25) is 0 Å². The number of likely N-dealkylation sites (N-methyl/N-ethyl adjacent to an activating group) is 1. The fraction of sp³-hybridized carbons (Fsp3) is 0.333. The standard InChI is InChI=1S/C15H18FNO/c1-3-17-15(13-8-9-18-11(13)2)10-12-6-4-5-7-14(12)16/h4-9,15,17H,3,10H2,1-2H3. The Morgan fingerprint density at radius 2 is 2.06 bits per heavy atom. The van der Waals surface area contributed by atoms with E-state index in [0.717, 1.165) is 23.4 Å². The van der Waals surface area contributed by atoms with Crippen molar-refractivity contribution in [3.05, 3.63) is 59.3 Å².